The third-order valence-corrected chi connectivity index (χ3v) is 3.12. The Labute approximate surface area is 101 Å². The molecule has 0 fully saturated rings. The Balaban J connectivity index is 2.59. The number of benzene rings is 1. The van der Waals surface area contributed by atoms with Crippen LogP contribution >= 0.6 is 34.5 Å². The fourth-order valence-electron chi connectivity index (χ4n) is 1.22. The maximum Gasteiger partial charge on any atom is 0.182 e. The highest BCUT2D eigenvalue weighted by molar-refractivity contribution is 7.19. The molecule has 0 radical (unpaired) electrons. The Morgan fingerprint density at radius 1 is 1.20 bits per heavy atom. The molecular formula is C9H7Cl2N3S. The molecule has 1 aromatic heterocycles. The van der Waals surface area contributed by atoms with Crippen molar-refractivity contribution in [3.63, 3.8) is 0 Å². The molecular weight excluding hydrogens is 253 g/mol. The smallest absolute Gasteiger partial charge is 0.182 e. The molecule has 1 aromatic carbocycles. The van der Waals surface area contributed by atoms with E-state index in [2.05, 4.69) is 4.98 Å². The van der Waals surface area contributed by atoms with E-state index in [-0.39, 0.29) is 0 Å². The molecule has 6 heteroatoms. The number of hydrogen-bond acceptors (Lipinski definition) is 4. The third-order valence-electron chi connectivity index (χ3n) is 1.86. The van der Waals surface area contributed by atoms with Crippen LogP contribution in [0.25, 0.3) is 11.3 Å². The van der Waals surface area contributed by atoms with E-state index in [9.17, 15) is 0 Å². The van der Waals surface area contributed by atoms with Gasteiger partial charge in [-0.2, -0.15) is 0 Å². The number of thiazole rings is 1. The first-order valence-corrected chi connectivity index (χ1v) is 5.62. The molecule has 0 unspecified atom stereocenters. The molecule has 1 heterocycles. The molecule has 4 N–H and O–H groups in total. The molecule has 78 valence electrons. The number of anilines is 2. The minimum Gasteiger partial charge on any atom is -0.389 e. The summed E-state index contributed by atoms with van der Waals surface area (Å²) in [7, 11) is 0. The molecule has 3 nitrogen and oxygen atoms in total. The van der Waals surface area contributed by atoms with E-state index in [1.807, 2.05) is 0 Å². The van der Waals surface area contributed by atoms with Crippen LogP contribution in [0.15, 0.2) is 18.2 Å². The third kappa shape index (κ3) is 2.02. The standard InChI is InChI=1S/C9H7Cl2N3S/c10-4-1-2-5(6(11)3-4)7-8(12)15-9(13)14-7/h1-3H,12H2,(H2,13,14). The summed E-state index contributed by atoms with van der Waals surface area (Å²) in [6.07, 6.45) is 0. The summed E-state index contributed by atoms with van der Waals surface area (Å²) in [5, 5.41) is 2.07. The number of hydrogen-bond donors (Lipinski definition) is 2. The van der Waals surface area contributed by atoms with E-state index in [0.717, 1.165) is 5.56 Å². The monoisotopic (exact) mass is 259 g/mol. The lowest BCUT2D eigenvalue weighted by Gasteiger charge is -2.01. The van der Waals surface area contributed by atoms with Crippen LogP contribution in [0, 0.1) is 0 Å². The van der Waals surface area contributed by atoms with Gasteiger partial charge in [-0.05, 0) is 18.2 Å². The second-order valence-electron chi connectivity index (χ2n) is 2.89. The van der Waals surface area contributed by atoms with Crippen LogP contribution < -0.4 is 11.5 Å². The first-order valence-electron chi connectivity index (χ1n) is 4.05. The largest absolute Gasteiger partial charge is 0.389 e. The fourth-order valence-corrected chi connectivity index (χ4v) is 2.34. The van der Waals surface area contributed by atoms with E-state index in [1.165, 1.54) is 11.3 Å². The normalized spacial score (nSPS) is 10.5. The van der Waals surface area contributed by atoms with Crippen molar-refractivity contribution in [1.29, 1.82) is 0 Å². The molecule has 0 amide bonds. The minimum atomic E-state index is 0.425. The maximum absolute atomic E-state index is 6.03. The van der Waals surface area contributed by atoms with Crippen molar-refractivity contribution in [3.8, 4) is 11.3 Å². The van der Waals surface area contributed by atoms with Crippen molar-refractivity contribution in [2.45, 2.75) is 0 Å². The van der Waals surface area contributed by atoms with Gasteiger partial charge in [0.1, 0.15) is 10.7 Å². The van der Waals surface area contributed by atoms with Crippen LogP contribution in [-0.4, -0.2) is 4.98 Å². The van der Waals surface area contributed by atoms with Crippen LogP contribution in [0.2, 0.25) is 10.0 Å². The Hall–Kier alpha value is -0.970. The van der Waals surface area contributed by atoms with E-state index in [1.54, 1.807) is 18.2 Å². The fraction of sp³-hybridized carbons (Fsp3) is 0. The number of aromatic nitrogens is 1. The second-order valence-corrected chi connectivity index (χ2v) is 4.79. The van der Waals surface area contributed by atoms with Crippen molar-refractivity contribution in [2.75, 3.05) is 11.5 Å². The van der Waals surface area contributed by atoms with Crippen LogP contribution in [0.4, 0.5) is 10.1 Å². The average molecular weight is 260 g/mol. The zero-order valence-corrected chi connectivity index (χ0v) is 9.83. The van der Waals surface area contributed by atoms with Crippen LogP contribution in [-0.2, 0) is 0 Å². The Bertz CT molecular complexity index is 510. The van der Waals surface area contributed by atoms with Crippen molar-refractivity contribution in [3.05, 3.63) is 28.2 Å². The van der Waals surface area contributed by atoms with Gasteiger partial charge in [-0.3, -0.25) is 0 Å². The summed E-state index contributed by atoms with van der Waals surface area (Å²) in [5.74, 6) is 0. The molecule has 0 bridgehead atoms. The lowest BCUT2D eigenvalue weighted by atomic mass is 10.1. The Kier molecular flexibility index (Phi) is 2.73. The van der Waals surface area contributed by atoms with Crippen molar-refractivity contribution >= 4 is 44.7 Å². The second kappa shape index (κ2) is 3.89. The summed E-state index contributed by atoms with van der Waals surface area (Å²) < 4.78 is 0. The zero-order chi connectivity index (χ0) is 11.0. The van der Waals surface area contributed by atoms with Crippen LogP contribution in [0.1, 0.15) is 0 Å². The van der Waals surface area contributed by atoms with Crippen LogP contribution in [0.5, 0.6) is 0 Å². The van der Waals surface area contributed by atoms with Gasteiger partial charge in [-0.15, -0.1) is 0 Å². The summed E-state index contributed by atoms with van der Waals surface area (Å²) in [5.41, 5.74) is 12.7. The quantitative estimate of drug-likeness (QED) is 0.826. The van der Waals surface area contributed by atoms with Gasteiger partial charge in [-0.1, -0.05) is 34.5 Å². The van der Waals surface area contributed by atoms with Gasteiger partial charge < -0.3 is 11.5 Å². The van der Waals surface area contributed by atoms with Gasteiger partial charge in [0.25, 0.3) is 0 Å². The Morgan fingerprint density at radius 2 is 1.93 bits per heavy atom. The lowest BCUT2D eigenvalue weighted by molar-refractivity contribution is 1.41. The topological polar surface area (TPSA) is 64.9 Å². The SMILES string of the molecule is Nc1nc(-c2ccc(Cl)cc2Cl)c(N)s1. The predicted octanol–water partition coefficient (Wildman–Crippen LogP) is 3.28. The predicted molar refractivity (Wildman–Crippen MR) is 66.4 cm³/mol. The summed E-state index contributed by atoms with van der Waals surface area (Å²) in [6, 6.07) is 5.15. The van der Waals surface area contributed by atoms with Crippen LogP contribution in [0.3, 0.4) is 0 Å². The molecule has 0 aliphatic rings. The summed E-state index contributed by atoms with van der Waals surface area (Å²) in [4.78, 5) is 4.11. The highest BCUT2D eigenvalue weighted by Gasteiger charge is 2.12. The van der Waals surface area contributed by atoms with Crippen molar-refractivity contribution < 1.29 is 0 Å². The van der Waals surface area contributed by atoms with E-state index in [0.29, 0.717) is 25.9 Å². The van der Waals surface area contributed by atoms with Crippen molar-refractivity contribution in [2.24, 2.45) is 0 Å². The number of nitrogens with zero attached hydrogens (tertiary/aromatic N) is 1. The summed E-state index contributed by atoms with van der Waals surface area (Å²) in [6.45, 7) is 0. The van der Waals surface area contributed by atoms with E-state index >= 15 is 0 Å². The zero-order valence-electron chi connectivity index (χ0n) is 7.50. The molecule has 0 spiro atoms. The van der Waals surface area contributed by atoms with Gasteiger partial charge in [-0.25, -0.2) is 4.98 Å². The minimum absolute atomic E-state index is 0.425. The highest BCUT2D eigenvalue weighted by atomic mass is 35.5. The van der Waals surface area contributed by atoms with Gasteiger partial charge in [0.2, 0.25) is 0 Å². The number of nitrogens with two attached hydrogens (primary N) is 2. The Morgan fingerprint density at radius 3 is 2.47 bits per heavy atom. The van der Waals surface area contributed by atoms with Gasteiger partial charge in [0.05, 0.1) is 5.02 Å². The molecule has 2 aromatic rings. The number of nitrogen functional groups attached to an aromatic ring is 2. The van der Waals surface area contributed by atoms with Gasteiger partial charge in [0, 0.05) is 10.6 Å². The molecule has 2 rings (SSSR count). The molecule has 0 aliphatic carbocycles. The first-order chi connectivity index (χ1) is 7.08. The first kappa shape index (κ1) is 10.5. The average Bonchev–Trinajstić information content (AvgIpc) is 2.45. The van der Waals surface area contributed by atoms with E-state index < -0.39 is 0 Å². The van der Waals surface area contributed by atoms with Gasteiger partial charge in [0.15, 0.2) is 5.13 Å². The molecule has 0 saturated heterocycles. The van der Waals surface area contributed by atoms with Crippen molar-refractivity contribution in [1.82, 2.24) is 4.98 Å². The highest BCUT2D eigenvalue weighted by Crippen LogP contribution is 2.36. The molecule has 15 heavy (non-hydrogen) atoms. The van der Waals surface area contributed by atoms with E-state index in [4.69, 9.17) is 34.7 Å². The number of rotatable bonds is 1. The molecule has 0 saturated carbocycles. The summed E-state index contributed by atoms with van der Waals surface area (Å²) >= 11 is 13.1. The van der Waals surface area contributed by atoms with Gasteiger partial charge >= 0.3 is 0 Å². The molecule has 0 aliphatic heterocycles. The number of halogens is 2. The lowest BCUT2D eigenvalue weighted by Crippen LogP contribution is -1.87. The maximum atomic E-state index is 6.03. The molecule has 0 atom stereocenters.